The van der Waals surface area contributed by atoms with Crippen molar-refractivity contribution in [2.24, 2.45) is 0 Å². The molecule has 2 N–H and O–H groups in total. The quantitative estimate of drug-likeness (QED) is 0.634. The Morgan fingerprint density at radius 2 is 1.73 bits per heavy atom. The lowest BCUT2D eigenvalue weighted by molar-refractivity contribution is 0.601. The maximum absolute atomic E-state index is 12.4. The molecule has 0 aliphatic heterocycles. The highest BCUT2D eigenvalue weighted by atomic mass is 35.5. The fourth-order valence-electron chi connectivity index (χ4n) is 2.35. The molecule has 2 aromatic carbocycles. The summed E-state index contributed by atoms with van der Waals surface area (Å²) in [5.74, 6) is 0.233. The van der Waals surface area contributed by atoms with Gasteiger partial charge < -0.3 is 5.32 Å². The first-order chi connectivity index (χ1) is 12.5. The largest absolute Gasteiger partial charge is 0.354 e. The van der Waals surface area contributed by atoms with Crippen molar-refractivity contribution in [1.82, 2.24) is 4.98 Å². The number of hydrogen-bond donors (Lipinski definition) is 2. The van der Waals surface area contributed by atoms with Gasteiger partial charge >= 0.3 is 0 Å². The van der Waals surface area contributed by atoms with Crippen molar-refractivity contribution >= 4 is 38.8 Å². The van der Waals surface area contributed by atoms with E-state index in [1.807, 2.05) is 12.1 Å². The van der Waals surface area contributed by atoms with Crippen LogP contribution in [0.5, 0.6) is 0 Å². The van der Waals surface area contributed by atoms with Crippen molar-refractivity contribution in [1.29, 1.82) is 0 Å². The number of nitrogens with one attached hydrogen (secondary N) is 2. The van der Waals surface area contributed by atoms with Crippen LogP contribution in [0.4, 0.5) is 17.2 Å². The normalized spacial score (nSPS) is 11.2. The van der Waals surface area contributed by atoms with Crippen LogP contribution in [0.2, 0.25) is 5.02 Å². The number of nitrogens with zero attached hydrogens (tertiary/aromatic N) is 1. The topological polar surface area (TPSA) is 71.1 Å². The average molecular weight is 388 g/mol. The van der Waals surface area contributed by atoms with Crippen molar-refractivity contribution in [3.63, 3.8) is 0 Å². The zero-order valence-corrected chi connectivity index (χ0v) is 15.7. The van der Waals surface area contributed by atoms with E-state index < -0.39 is 10.0 Å². The van der Waals surface area contributed by atoms with Gasteiger partial charge in [-0.2, -0.15) is 0 Å². The summed E-state index contributed by atoms with van der Waals surface area (Å²) in [7, 11) is -3.73. The Kier molecular flexibility index (Phi) is 5.44. The van der Waals surface area contributed by atoms with Gasteiger partial charge in [0.1, 0.15) is 5.82 Å². The minimum atomic E-state index is -3.73. The molecule has 0 aliphatic carbocycles. The number of aryl methyl sites for hydroxylation is 1. The van der Waals surface area contributed by atoms with Crippen molar-refractivity contribution in [3.05, 3.63) is 77.4 Å². The summed E-state index contributed by atoms with van der Waals surface area (Å²) in [6.07, 6.45) is 2.56. The molecule has 1 heterocycles. The van der Waals surface area contributed by atoms with Crippen LogP contribution >= 0.6 is 11.6 Å². The van der Waals surface area contributed by atoms with Gasteiger partial charge in [-0.05, 0) is 54.4 Å². The third-order valence-corrected chi connectivity index (χ3v) is 5.35. The first kappa shape index (κ1) is 18.2. The standard InChI is InChI=1S/C19H18ClN3O2S/c1-2-14-6-8-16(9-7-14)22-17-10-11-19(21-13-17)23-26(24,25)18-5-3-4-15(20)12-18/h3-13,22H,2H2,1H3,(H,21,23). The van der Waals surface area contributed by atoms with E-state index >= 15 is 0 Å². The summed E-state index contributed by atoms with van der Waals surface area (Å²) in [4.78, 5) is 4.24. The maximum atomic E-state index is 12.4. The van der Waals surface area contributed by atoms with Gasteiger partial charge in [-0.15, -0.1) is 0 Å². The third-order valence-electron chi connectivity index (χ3n) is 3.76. The third kappa shape index (κ3) is 4.53. The Morgan fingerprint density at radius 3 is 2.35 bits per heavy atom. The van der Waals surface area contributed by atoms with Crippen molar-refractivity contribution in [2.75, 3.05) is 10.0 Å². The molecule has 0 amide bonds. The van der Waals surface area contributed by atoms with Gasteiger partial charge in [0.05, 0.1) is 16.8 Å². The zero-order valence-electron chi connectivity index (χ0n) is 14.1. The molecule has 0 spiro atoms. The maximum Gasteiger partial charge on any atom is 0.263 e. The van der Waals surface area contributed by atoms with Gasteiger partial charge in [-0.3, -0.25) is 4.72 Å². The van der Waals surface area contributed by atoms with Crippen LogP contribution in [0, 0.1) is 0 Å². The fourth-order valence-corrected chi connectivity index (χ4v) is 3.66. The minimum Gasteiger partial charge on any atom is -0.354 e. The highest BCUT2D eigenvalue weighted by Crippen LogP contribution is 2.21. The molecule has 3 aromatic rings. The zero-order chi connectivity index (χ0) is 18.6. The first-order valence-corrected chi connectivity index (χ1v) is 9.93. The second kappa shape index (κ2) is 7.76. The highest BCUT2D eigenvalue weighted by Gasteiger charge is 2.15. The Balaban J connectivity index is 1.71. The second-order valence-corrected chi connectivity index (χ2v) is 7.79. The van der Waals surface area contributed by atoms with Crippen LogP contribution < -0.4 is 10.0 Å². The molecular weight excluding hydrogens is 370 g/mol. The molecule has 0 radical (unpaired) electrons. The van der Waals surface area contributed by atoms with Crippen molar-refractivity contribution < 1.29 is 8.42 Å². The van der Waals surface area contributed by atoms with E-state index in [4.69, 9.17) is 11.6 Å². The molecule has 1 aromatic heterocycles. The number of pyridine rings is 1. The number of aromatic nitrogens is 1. The summed E-state index contributed by atoms with van der Waals surface area (Å²) in [5.41, 5.74) is 2.97. The molecule has 0 atom stereocenters. The lowest BCUT2D eigenvalue weighted by Crippen LogP contribution is -2.13. The molecule has 0 saturated carbocycles. The molecule has 0 aliphatic rings. The molecule has 134 valence electrons. The van der Waals surface area contributed by atoms with Gasteiger partial charge in [-0.1, -0.05) is 36.7 Å². The van der Waals surface area contributed by atoms with Crippen LogP contribution in [0.15, 0.2) is 71.8 Å². The number of sulfonamides is 1. The summed E-state index contributed by atoms with van der Waals surface area (Å²) in [6.45, 7) is 2.11. The molecule has 3 rings (SSSR count). The van der Waals surface area contributed by atoms with E-state index in [1.54, 1.807) is 30.5 Å². The monoisotopic (exact) mass is 387 g/mol. The lowest BCUT2D eigenvalue weighted by Gasteiger charge is -2.10. The summed E-state index contributed by atoms with van der Waals surface area (Å²) in [5, 5.41) is 3.58. The van der Waals surface area contributed by atoms with E-state index in [0.717, 1.165) is 17.8 Å². The van der Waals surface area contributed by atoms with E-state index in [0.29, 0.717) is 5.02 Å². The molecule has 0 unspecified atom stereocenters. The molecule has 7 heteroatoms. The fraction of sp³-hybridized carbons (Fsp3) is 0.105. The Bertz CT molecular complexity index is 988. The van der Waals surface area contributed by atoms with E-state index in [2.05, 4.69) is 34.1 Å². The Labute approximate surface area is 158 Å². The van der Waals surface area contributed by atoms with Gasteiger partial charge in [0, 0.05) is 10.7 Å². The Morgan fingerprint density at radius 1 is 1.00 bits per heavy atom. The molecule has 0 saturated heterocycles. The van der Waals surface area contributed by atoms with E-state index in [1.165, 1.54) is 17.7 Å². The number of anilines is 3. The molecular formula is C19H18ClN3O2S. The number of benzene rings is 2. The SMILES string of the molecule is CCc1ccc(Nc2ccc(NS(=O)(=O)c3cccc(Cl)c3)nc2)cc1. The van der Waals surface area contributed by atoms with Crippen LogP contribution in [0.25, 0.3) is 0 Å². The summed E-state index contributed by atoms with van der Waals surface area (Å²) >= 11 is 5.85. The van der Waals surface area contributed by atoms with Gasteiger partial charge in [0.25, 0.3) is 10.0 Å². The average Bonchev–Trinajstić information content (AvgIpc) is 2.64. The minimum absolute atomic E-state index is 0.0880. The predicted molar refractivity (Wildman–Crippen MR) is 106 cm³/mol. The van der Waals surface area contributed by atoms with Crippen LogP contribution in [-0.4, -0.2) is 13.4 Å². The van der Waals surface area contributed by atoms with Crippen LogP contribution in [0.3, 0.4) is 0 Å². The second-order valence-electron chi connectivity index (χ2n) is 5.67. The molecule has 0 fully saturated rings. The van der Waals surface area contributed by atoms with Gasteiger partial charge in [0.15, 0.2) is 0 Å². The van der Waals surface area contributed by atoms with Crippen LogP contribution in [-0.2, 0) is 16.4 Å². The number of hydrogen-bond acceptors (Lipinski definition) is 4. The predicted octanol–water partition coefficient (Wildman–Crippen LogP) is 4.84. The Hall–Kier alpha value is -2.57. The summed E-state index contributed by atoms with van der Waals surface area (Å²) in [6, 6.07) is 17.5. The van der Waals surface area contributed by atoms with E-state index in [-0.39, 0.29) is 10.7 Å². The smallest absolute Gasteiger partial charge is 0.263 e. The van der Waals surface area contributed by atoms with Crippen molar-refractivity contribution in [2.45, 2.75) is 18.2 Å². The highest BCUT2D eigenvalue weighted by molar-refractivity contribution is 7.92. The number of rotatable bonds is 6. The van der Waals surface area contributed by atoms with Gasteiger partial charge in [-0.25, -0.2) is 13.4 Å². The molecule has 0 bridgehead atoms. The number of halogens is 1. The van der Waals surface area contributed by atoms with Gasteiger partial charge in [0.2, 0.25) is 0 Å². The summed E-state index contributed by atoms with van der Waals surface area (Å²) < 4.78 is 27.2. The molecule has 5 nitrogen and oxygen atoms in total. The lowest BCUT2D eigenvalue weighted by atomic mass is 10.1. The van der Waals surface area contributed by atoms with Crippen molar-refractivity contribution in [3.8, 4) is 0 Å². The first-order valence-electron chi connectivity index (χ1n) is 8.07. The van der Waals surface area contributed by atoms with Crippen LogP contribution in [0.1, 0.15) is 12.5 Å². The van der Waals surface area contributed by atoms with E-state index in [9.17, 15) is 8.42 Å². The molecule has 26 heavy (non-hydrogen) atoms.